The number of hydrogen-bond donors (Lipinski definition) is 3. The molecule has 94 valence electrons. The van der Waals surface area contributed by atoms with Crippen molar-refractivity contribution in [3.8, 4) is 0 Å². The maximum atomic E-state index is 10.6. The van der Waals surface area contributed by atoms with E-state index in [2.05, 4.69) is 5.32 Å². The lowest BCUT2D eigenvalue weighted by Crippen LogP contribution is -2.27. The van der Waals surface area contributed by atoms with Gasteiger partial charge in [-0.25, -0.2) is 4.79 Å². The number of carboxylic acids is 1. The van der Waals surface area contributed by atoms with Gasteiger partial charge < -0.3 is 19.9 Å². The highest BCUT2D eigenvalue weighted by Crippen LogP contribution is 2.24. The summed E-state index contributed by atoms with van der Waals surface area (Å²) in [5, 5.41) is 21.5. The van der Waals surface area contributed by atoms with Crippen LogP contribution in [-0.4, -0.2) is 28.8 Å². The monoisotopic (exact) mass is 239 g/mol. The first-order valence-electron chi connectivity index (χ1n) is 5.86. The van der Waals surface area contributed by atoms with Crippen LogP contribution in [0.1, 0.15) is 35.4 Å². The van der Waals surface area contributed by atoms with Crippen molar-refractivity contribution in [2.24, 2.45) is 5.92 Å². The molecular formula is C12H17NO4. The minimum absolute atomic E-state index is 0.169. The van der Waals surface area contributed by atoms with Gasteiger partial charge in [0.2, 0.25) is 0 Å². The van der Waals surface area contributed by atoms with Gasteiger partial charge in [-0.1, -0.05) is 6.42 Å². The first-order chi connectivity index (χ1) is 8.16. The molecule has 1 aromatic heterocycles. The van der Waals surface area contributed by atoms with Gasteiger partial charge >= 0.3 is 5.97 Å². The molecule has 5 nitrogen and oxygen atoms in total. The first kappa shape index (κ1) is 12.1. The molecule has 0 aromatic carbocycles. The molecule has 0 amide bonds. The SMILES string of the molecule is O=C(O)c1coc(CNCC2CCCC2O)c1. The Balaban J connectivity index is 1.76. The van der Waals surface area contributed by atoms with Crippen molar-refractivity contribution < 1.29 is 19.4 Å². The van der Waals surface area contributed by atoms with Gasteiger partial charge in [0.05, 0.1) is 18.2 Å². The Morgan fingerprint density at radius 3 is 2.94 bits per heavy atom. The fourth-order valence-corrected chi connectivity index (χ4v) is 2.22. The van der Waals surface area contributed by atoms with Gasteiger partial charge in [0.1, 0.15) is 12.0 Å². The molecule has 0 spiro atoms. The Kier molecular flexibility index (Phi) is 3.81. The van der Waals surface area contributed by atoms with Crippen LogP contribution < -0.4 is 5.32 Å². The molecule has 0 saturated heterocycles. The summed E-state index contributed by atoms with van der Waals surface area (Å²) in [4.78, 5) is 10.6. The van der Waals surface area contributed by atoms with E-state index < -0.39 is 5.97 Å². The van der Waals surface area contributed by atoms with Gasteiger partial charge in [-0.15, -0.1) is 0 Å². The van der Waals surface area contributed by atoms with Crippen LogP contribution in [0.2, 0.25) is 0 Å². The summed E-state index contributed by atoms with van der Waals surface area (Å²) < 4.78 is 5.11. The van der Waals surface area contributed by atoms with E-state index in [0.29, 0.717) is 18.2 Å². The van der Waals surface area contributed by atoms with Crippen LogP contribution in [0.25, 0.3) is 0 Å². The third-order valence-corrected chi connectivity index (χ3v) is 3.23. The number of aliphatic hydroxyl groups excluding tert-OH is 1. The molecule has 0 aliphatic heterocycles. The zero-order valence-corrected chi connectivity index (χ0v) is 9.56. The van der Waals surface area contributed by atoms with E-state index in [1.54, 1.807) is 0 Å². The molecule has 17 heavy (non-hydrogen) atoms. The van der Waals surface area contributed by atoms with Crippen molar-refractivity contribution in [3.05, 3.63) is 23.7 Å². The largest absolute Gasteiger partial charge is 0.478 e. The topological polar surface area (TPSA) is 82.7 Å². The van der Waals surface area contributed by atoms with Crippen molar-refractivity contribution in [1.29, 1.82) is 0 Å². The van der Waals surface area contributed by atoms with Gasteiger partial charge in [0.15, 0.2) is 0 Å². The van der Waals surface area contributed by atoms with Gasteiger partial charge in [-0.3, -0.25) is 0 Å². The summed E-state index contributed by atoms with van der Waals surface area (Å²) in [5.41, 5.74) is 0.169. The van der Waals surface area contributed by atoms with E-state index in [9.17, 15) is 9.90 Å². The van der Waals surface area contributed by atoms with Crippen LogP contribution in [0.5, 0.6) is 0 Å². The van der Waals surface area contributed by atoms with E-state index >= 15 is 0 Å². The minimum atomic E-state index is -0.980. The average Bonchev–Trinajstić information content (AvgIpc) is 2.89. The highest BCUT2D eigenvalue weighted by molar-refractivity contribution is 5.87. The lowest BCUT2D eigenvalue weighted by molar-refractivity contribution is 0.0696. The number of hydrogen-bond acceptors (Lipinski definition) is 4. The maximum absolute atomic E-state index is 10.6. The van der Waals surface area contributed by atoms with E-state index in [-0.39, 0.29) is 11.7 Å². The number of nitrogens with one attached hydrogen (secondary N) is 1. The fourth-order valence-electron chi connectivity index (χ4n) is 2.22. The van der Waals surface area contributed by atoms with Crippen molar-refractivity contribution in [2.75, 3.05) is 6.54 Å². The van der Waals surface area contributed by atoms with E-state index in [0.717, 1.165) is 25.8 Å². The Bertz CT molecular complexity index is 388. The van der Waals surface area contributed by atoms with Crippen molar-refractivity contribution >= 4 is 5.97 Å². The molecule has 1 heterocycles. The molecular weight excluding hydrogens is 222 g/mol. The van der Waals surface area contributed by atoms with Gasteiger partial charge in [0.25, 0.3) is 0 Å². The quantitative estimate of drug-likeness (QED) is 0.719. The summed E-state index contributed by atoms with van der Waals surface area (Å²) >= 11 is 0. The number of furan rings is 1. The lowest BCUT2D eigenvalue weighted by atomic mass is 10.1. The second-order valence-electron chi connectivity index (χ2n) is 4.50. The molecule has 2 rings (SSSR count). The van der Waals surface area contributed by atoms with E-state index in [4.69, 9.17) is 9.52 Å². The molecule has 2 unspecified atom stereocenters. The van der Waals surface area contributed by atoms with Gasteiger partial charge in [-0.2, -0.15) is 0 Å². The lowest BCUT2D eigenvalue weighted by Gasteiger charge is -2.14. The molecule has 1 aliphatic rings. The smallest absolute Gasteiger partial charge is 0.338 e. The van der Waals surface area contributed by atoms with Crippen molar-refractivity contribution in [1.82, 2.24) is 5.32 Å². The van der Waals surface area contributed by atoms with Crippen molar-refractivity contribution in [3.63, 3.8) is 0 Å². The molecule has 1 saturated carbocycles. The standard InChI is InChI=1S/C12H17NO4/c14-11-3-1-2-8(11)5-13-6-10-4-9(7-17-10)12(15)16/h4,7-8,11,13-14H,1-3,5-6H2,(H,15,16). The van der Waals surface area contributed by atoms with Gasteiger partial charge in [0, 0.05) is 6.54 Å². The molecule has 3 N–H and O–H groups in total. The van der Waals surface area contributed by atoms with Crippen LogP contribution in [0, 0.1) is 5.92 Å². The Labute approximate surface area is 99.4 Å². The molecule has 0 radical (unpaired) electrons. The minimum Gasteiger partial charge on any atom is -0.478 e. The third-order valence-electron chi connectivity index (χ3n) is 3.23. The highest BCUT2D eigenvalue weighted by atomic mass is 16.4. The normalized spacial score (nSPS) is 24.1. The first-order valence-corrected chi connectivity index (χ1v) is 5.86. The number of aromatic carboxylic acids is 1. The van der Waals surface area contributed by atoms with Crippen LogP contribution >= 0.6 is 0 Å². The Morgan fingerprint density at radius 2 is 2.35 bits per heavy atom. The zero-order valence-electron chi connectivity index (χ0n) is 9.56. The number of aliphatic hydroxyl groups is 1. The summed E-state index contributed by atoms with van der Waals surface area (Å²) in [6.45, 7) is 1.24. The number of rotatable bonds is 5. The van der Waals surface area contributed by atoms with Crippen LogP contribution in [0.15, 0.2) is 16.7 Å². The predicted molar refractivity (Wildman–Crippen MR) is 60.7 cm³/mol. The second kappa shape index (κ2) is 5.33. The number of carboxylic acid groups (broad SMARTS) is 1. The molecule has 5 heteroatoms. The third kappa shape index (κ3) is 3.08. The summed E-state index contributed by atoms with van der Waals surface area (Å²) in [6.07, 6.45) is 4.05. The summed E-state index contributed by atoms with van der Waals surface area (Å²) in [6, 6.07) is 1.51. The van der Waals surface area contributed by atoms with Crippen LogP contribution in [-0.2, 0) is 6.54 Å². The molecule has 1 fully saturated rings. The Morgan fingerprint density at radius 1 is 1.53 bits per heavy atom. The molecule has 2 atom stereocenters. The van der Waals surface area contributed by atoms with Crippen LogP contribution in [0.4, 0.5) is 0 Å². The molecule has 1 aromatic rings. The second-order valence-corrected chi connectivity index (χ2v) is 4.50. The number of carbonyl (C=O) groups is 1. The zero-order chi connectivity index (χ0) is 12.3. The Hall–Kier alpha value is -1.33. The van der Waals surface area contributed by atoms with Crippen LogP contribution in [0.3, 0.4) is 0 Å². The van der Waals surface area contributed by atoms with E-state index in [1.165, 1.54) is 12.3 Å². The fraction of sp³-hybridized carbons (Fsp3) is 0.583. The summed E-state index contributed by atoms with van der Waals surface area (Å²) in [7, 11) is 0. The van der Waals surface area contributed by atoms with Gasteiger partial charge in [-0.05, 0) is 24.8 Å². The average molecular weight is 239 g/mol. The maximum Gasteiger partial charge on any atom is 0.338 e. The highest BCUT2D eigenvalue weighted by Gasteiger charge is 2.24. The molecule has 1 aliphatic carbocycles. The predicted octanol–water partition coefficient (Wildman–Crippen LogP) is 1.23. The molecule has 0 bridgehead atoms. The van der Waals surface area contributed by atoms with Crippen molar-refractivity contribution in [2.45, 2.75) is 31.9 Å². The van der Waals surface area contributed by atoms with E-state index in [1.807, 2.05) is 0 Å². The summed E-state index contributed by atoms with van der Waals surface area (Å²) in [5.74, 6) is -0.0648.